The van der Waals surface area contributed by atoms with E-state index in [1.165, 1.54) is 0 Å². The molecule has 2 aromatic carbocycles. The van der Waals surface area contributed by atoms with Crippen LogP contribution in [0.4, 0.5) is 0 Å². The molecule has 0 aliphatic carbocycles. The van der Waals surface area contributed by atoms with Crippen molar-refractivity contribution < 1.29 is 4.74 Å². The molecule has 0 aromatic heterocycles. The Kier molecular flexibility index (Phi) is 3.47. The lowest BCUT2D eigenvalue weighted by Gasteiger charge is -2.09. The Morgan fingerprint density at radius 1 is 1.12 bits per heavy atom. The first-order valence-corrected chi connectivity index (χ1v) is 5.53. The summed E-state index contributed by atoms with van der Waals surface area (Å²) >= 11 is 0. The Morgan fingerprint density at radius 3 is 2.59 bits per heavy atom. The highest BCUT2D eigenvalue weighted by atomic mass is 16.5. The largest absolute Gasteiger partial charge is 0.488 e. The van der Waals surface area contributed by atoms with Crippen molar-refractivity contribution >= 4 is 0 Å². The van der Waals surface area contributed by atoms with Crippen LogP contribution >= 0.6 is 0 Å². The Morgan fingerprint density at radius 2 is 1.88 bits per heavy atom. The summed E-state index contributed by atoms with van der Waals surface area (Å²) in [7, 11) is 0. The van der Waals surface area contributed by atoms with Gasteiger partial charge in [-0.3, -0.25) is 0 Å². The van der Waals surface area contributed by atoms with Gasteiger partial charge in [-0.05, 0) is 30.2 Å². The molecule has 0 saturated heterocycles. The number of benzene rings is 2. The average molecular weight is 222 g/mol. The maximum absolute atomic E-state index is 5.75. The normalized spacial score (nSPS) is 9.65. The predicted octanol–water partition coefficient (Wildman–Crippen LogP) is 3.56. The topological polar surface area (TPSA) is 9.23 Å². The van der Waals surface area contributed by atoms with Gasteiger partial charge in [0.15, 0.2) is 0 Å². The van der Waals surface area contributed by atoms with E-state index in [1.54, 1.807) is 0 Å². The van der Waals surface area contributed by atoms with Crippen LogP contribution in [-0.2, 0) is 6.61 Å². The van der Waals surface area contributed by atoms with Crippen molar-refractivity contribution in [1.82, 2.24) is 0 Å². The van der Waals surface area contributed by atoms with Gasteiger partial charge in [0.05, 0.1) is 5.56 Å². The molecule has 1 nitrogen and oxygen atoms in total. The lowest BCUT2D eigenvalue weighted by molar-refractivity contribution is 0.305. The summed E-state index contributed by atoms with van der Waals surface area (Å²) in [5.41, 5.74) is 3.08. The molecule has 2 aromatic rings. The summed E-state index contributed by atoms with van der Waals surface area (Å²) in [5.74, 6) is 3.41. The molecule has 0 heterocycles. The van der Waals surface area contributed by atoms with Gasteiger partial charge in [-0.2, -0.15) is 0 Å². The van der Waals surface area contributed by atoms with Gasteiger partial charge in [-0.25, -0.2) is 0 Å². The molecule has 1 heteroatoms. The van der Waals surface area contributed by atoms with Crippen LogP contribution in [0.1, 0.15) is 16.7 Å². The number of hydrogen-bond acceptors (Lipinski definition) is 1. The zero-order valence-electron chi connectivity index (χ0n) is 9.81. The van der Waals surface area contributed by atoms with Crippen LogP contribution in [0, 0.1) is 19.3 Å². The molecule has 2 rings (SSSR count). The van der Waals surface area contributed by atoms with Crippen LogP contribution in [0.3, 0.4) is 0 Å². The minimum Gasteiger partial charge on any atom is -0.488 e. The molecule has 0 atom stereocenters. The van der Waals surface area contributed by atoms with Crippen LogP contribution in [0.2, 0.25) is 0 Å². The predicted molar refractivity (Wildman–Crippen MR) is 69.9 cm³/mol. The van der Waals surface area contributed by atoms with Gasteiger partial charge in [-0.15, -0.1) is 6.42 Å². The molecule has 0 spiro atoms. The highest BCUT2D eigenvalue weighted by molar-refractivity contribution is 5.46. The first-order chi connectivity index (χ1) is 8.29. The number of ether oxygens (including phenoxy) is 1. The number of aryl methyl sites for hydroxylation is 1. The molecular formula is C16H14O. The zero-order valence-corrected chi connectivity index (χ0v) is 9.81. The lowest BCUT2D eigenvalue weighted by Crippen LogP contribution is -1.97. The summed E-state index contributed by atoms with van der Waals surface area (Å²) in [5, 5.41) is 0. The average Bonchev–Trinajstić information content (AvgIpc) is 2.38. The third-order valence-electron chi connectivity index (χ3n) is 2.53. The van der Waals surface area contributed by atoms with Gasteiger partial charge in [0.25, 0.3) is 0 Å². The van der Waals surface area contributed by atoms with Gasteiger partial charge in [-0.1, -0.05) is 42.3 Å². The van der Waals surface area contributed by atoms with Crippen LogP contribution in [-0.4, -0.2) is 0 Å². The molecule has 0 unspecified atom stereocenters. The quantitative estimate of drug-likeness (QED) is 0.721. The van der Waals surface area contributed by atoms with E-state index < -0.39 is 0 Å². The van der Waals surface area contributed by atoms with E-state index in [-0.39, 0.29) is 0 Å². The summed E-state index contributed by atoms with van der Waals surface area (Å²) < 4.78 is 5.75. The second kappa shape index (κ2) is 5.23. The summed E-state index contributed by atoms with van der Waals surface area (Å²) in [4.78, 5) is 0. The molecule has 0 saturated carbocycles. The summed E-state index contributed by atoms with van der Waals surface area (Å²) in [6.07, 6.45) is 5.44. The number of rotatable bonds is 3. The molecule has 0 aliphatic heterocycles. The first kappa shape index (κ1) is 11.3. The Labute approximate surface area is 102 Å². The van der Waals surface area contributed by atoms with Crippen LogP contribution in [0.25, 0.3) is 0 Å². The van der Waals surface area contributed by atoms with E-state index >= 15 is 0 Å². The van der Waals surface area contributed by atoms with Crippen molar-refractivity contribution in [1.29, 1.82) is 0 Å². The van der Waals surface area contributed by atoms with Crippen molar-refractivity contribution in [3.8, 4) is 18.1 Å². The van der Waals surface area contributed by atoms with E-state index in [4.69, 9.17) is 11.2 Å². The van der Waals surface area contributed by atoms with Crippen molar-refractivity contribution in [3.63, 3.8) is 0 Å². The molecule has 17 heavy (non-hydrogen) atoms. The van der Waals surface area contributed by atoms with Gasteiger partial charge < -0.3 is 4.74 Å². The van der Waals surface area contributed by atoms with Gasteiger partial charge in [0.1, 0.15) is 12.4 Å². The Bertz CT molecular complexity index is 535. The fourth-order valence-corrected chi connectivity index (χ4v) is 1.60. The van der Waals surface area contributed by atoms with Crippen molar-refractivity contribution in [3.05, 3.63) is 65.2 Å². The summed E-state index contributed by atoms with van der Waals surface area (Å²) in [6.45, 7) is 2.56. The summed E-state index contributed by atoms with van der Waals surface area (Å²) in [6, 6.07) is 15.9. The minimum atomic E-state index is 0.541. The molecule has 0 N–H and O–H groups in total. The zero-order chi connectivity index (χ0) is 12.1. The van der Waals surface area contributed by atoms with Crippen LogP contribution in [0.15, 0.2) is 48.5 Å². The number of hydrogen-bond donors (Lipinski definition) is 0. The maximum Gasteiger partial charge on any atom is 0.135 e. The lowest BCUT2D eigenvalue weighted by atomic mass is 10.1. The highest BCUT2D eigenvalue weighted by Crippen LogP contribution is 2.20. The highest BCUT2D eigenvalue weighted by Gasteiger charge is 2.02. The first-order valence-electron chi connectivity index (χ1n) is 5.53. The second-order valence-corrected chi connectivity index (χ2v) is 3.92. The van der Waals surface area contributed by atoms with Crippen LogP contribution in [0.5, 0.6) is 5.75 Å². The van der Waals surface area contributed by atoms with Gasteiger partial charge in [0, 0.05) is 0 Å². The van der Waals surface area contributed by atoms with Crippen molar-refractivity contribution in [2.24, 2.45) is 0 Å². The molecular weight excluding hydrogens is 208 g/mol. The minimum absolute atomic E-state index is 0.541. The van der Waals surface area contributed by atoms with Gasteiger partial charge >= 0.3 is 0 Å². The van der Waals surface area contributed by atoms with Crippen molar-refractivity contribution in [2.75, 3.05) is 0 Å². The SMILES string of the molecule is C#Cc1ccc(C)cc1OCc1ccccc1. The fourth-order valence-electron chi connectivity index (χ4n) is 1.60. The van der Waals surface area contributed by atoms with E-state index in [0.717, 1.165) is 22.4 Å². The molecule has 0 radical (unpaired) electrons. The number of terminal acetylenes is 1. The van der Waals surface area contributed by atoms with Crippen molar-refractivity contribution in [2.45, 2.75) is 13.5 Å². The Hall–Kier alpha value is -2.20. The van der Waals surface area contributed by atoms with E-state index in [9.17, 15) is 0 Å². The molecule has 0 aliphatic rings. The smallest absolute Gasteiger partial charge is 0.135 e. The molecule has 84 valence electrons. The van der Waals surface area contributed by atoms with Crippen LogP contribution < -0.4 is 4.74 Å². The second-order valence-electron chi connectivity index (χ2n) is 3.92. The standard InChI is InChI=1S/C16H14O/c1-3-15-10-9-13(2)11-16(15)17-12-14-7-5-4-6-8-14/h1,4-11H,12H2,2H3. The third kappa shape index (κ3) is 2.89. The van der Waals surface area contributed by atoms with E-state index in [1.807, 2.05) is 55.5 Å². The molecule has 0 amide bonds. The maximum atomic E-state index is 5.75. The van der Waals surface area contributed by atoms with E-state index in [2.05, 4.69) is 5.92 Å². The molecule has 0 bridgehead atoms. The molecule has 0 fully saturated rings. The Balaban J connectivity index is 2.14. The van der Waals surface area contributed by atoms with E-state index in [0.29, 0.717) is 6.61 Å². The van der Waals surface area contributed by atoms with Gasteiger partial charge in [0.2, 0.25) is 0 Å². The third-order valence-corrected chi connectivity index (χ3v) is 2.53. The fraction of sp³-hybridized carbons (Fsp3) is 0.125. The monoisotopic (exact) mass is 222 g/mol.